The molecule has 11 rings (SSSR count). The van der Waals surface area contributed by atoms with Gasteiger partial charge in [-0.1, -0.05) is 273 Å². The number of carbonyl (C=O) groups excluding carboxylic acids is 5. The Bertz CT molecular complexity index is 3710. The molecule has 9 unspecified atom stereocenters. The molecule has 2 aliphatic rings. The van der Waals surface area contributed by atoms with Crippen molar-refractivity contribution in [1.29, 1.82) is 0 Å². The number of ether oxygens (including phenoxy) is 11. The molecule has 16 heteroatoms. The van der Waals surface area contributed by atoms with E-state index in [2.05, 4.69) is 0 Å². The van der Waals surface area contributed by atoms with Crippen molar-refractivity contribution in [3.8, 4) is 0 Å². The van der Waals surface area contributed by atoms with Crippen LogP contribution in [0.25, 0.3) is 0 Å². The third-order valence-corrected chi connectivity index (χ3v) is 17.5. The third kappa shape index (κ3) is 15.1. The smallest absolute Gasteiger partial charge is 0.303 e. The van der Waals surface area contributed by atoms with Crippen molar-refractivity contribution in [1.82, 2.24) is 0 Å². The van der Waals surface area contributed by atoms with Gasteiger partial charge in [-0.3, -0.25) is 24.0 Å². The zero-order valence-electron chi connectivity index (χ0n) is 54.7. The quantitative estimate of drug-likeness (QED) is 0.0268. The summed E-state index contributed by atoms with van der Waals surface area (Å²) in [6, 6.07) is 87.0. The minimum atomic E-state index is -1.96. The second kappa shape index (κ2) is 31.3. The maximum Gasteiger partial charge on any atom is 0.303 e. The number of rotatable bonds is 27. The molecule has 9 aromatic carbocycles. The summed E-state index contributed by atoms with van der Waals surface area (Å²) in [5.41, 5.74) is 0.740. The van der Waals surface area contributed by atoms with Crippen molar-refractivity contribution in [3.63, 3.8) is 0 Å². The van der Waals surface area contributed by atoms with Gasteiger partial charge in [-0.15, -0.1) is 0 Å². The number of hydrogen-bond donors (Lipinski definition) is 0. The van der Waals surface area contributed by atoms with Crippen LogP contribution in [0.15, 0.2) is 273 Å². The van der Waals surface area contributed by atoms with Crippen molar-refractivity contribution in [3.05, 3.63) is 323 Å². The van der Waals surface area contributed by atoms with E-state index in [0.717, 1.165) is 50.1 Å². The monoisotopic (exact) mass is 1310 g/mol. The zero-order chi connectivity index (χ0) is 67.8. The predicted octanol–water partition coefficient (Wildman–Crippen LogP) is 12.6. The summed E-state index contributed by atoms with van der Waals surface area (Å²) in [4.78, 5) is 68.1. The van der Waals surface area contributed by atoms with E-state index in [9.17, 15) is 24.0 Å². The van der Waals surface area contributed by atoms with Crippen LogP contribution in [0.3, 0.4) is 0 Å². The molecule has 2 fully saturated rings. The Morgan fingerprint density at radius 2 is 0.546 bits per heavy atom. The molecule has 0 bridgehead atoms. The van der Waals surface area contributed by atoms with Gasteiger partial charge in [0.1, 0.15) is 35.1 Å². The van der Waals surface area contributed by atoms with E-state index in [1.54, 1.807) is 0 Å². The van der Waals surface area contributed by atoms with Crippen molar-refractivity contribution < 1.29 is 76.1 Å². The summed E-state index contributed by atoms with van der Waals surface area (Å²) in [5.74, 6) is -3.80. The van der Waals surface area contributed by atoms with Crippen LogP contribution >= 0.6 is 0 Å². The van der Waals surface area contributed by atoms with E-state index in [-0.39, 0.29) is 13.2 Å². The highest BCUT2D eigenvalue weighted by atomic mass is 16.7. The number of esters is 5. The van der Waals surface area contributed by atoms with Gasteiger partial charge in [-0.05, 0) is 50.1 Å². The predicted molar refractivity (Wildman–Crippen MR) is 360 cm³/mol. The molecule has 0 saturated carbocycles. The van der Waals surface area contributed by atoms with Gasteiger partial charge < -0.3 is 52.1 Å². The fourth-order valence-electron chi connectivity index (χ4n) is 13.6. The molecule has 0 spiro atoms. The lowest BCUT2D eigenvalue weighted by atomic mass is 9.79. The molecule has 0 N–H and O–H groups in total. The molecule has 0 amide bonds. The third-order valence-electron chi connectivity index (χ3n) is 17.5. The van der Waals surface area contributed by atoms with Crippen LogP contribution in [0.5, 0.6) is 0 Å². The van der Waals surface area contributed by atoms with Crippen molar-refractivity contribution in [2.75, 3.05) is 33.0 Å². The van der Waals surface area contributed by atoms with Crippen LogP contribution in [-0.4, -0.2) is 117 Å². The minimum Gasteiger partial charge on any atom is -0.456 e. The van der Waals surface area contributed by atoms with Crippen LogP contribution in [0, 0.1) is 0 Å². The molecule has 2 heterocycles. The molecular formula is C81H78O16. The molecular weight excluding hydrogens is 1230 g/mol. The van der Waals surface area contributed by atoms with Crippen molar-refractivity contribution in [2.45, 2.75) is 106 Å². The van der Waals surface area contributed by atoms with E-state index in [1.165, 1.54) is 34.6 Å². The molecule has 2 saturated heterocycles. The Hall–Kier alpha value is -9.91. The van der Waals surface area contributed by atoms with Crippen LogP contribution in [0.2, 0.25) is 0 Å². The van der Waals surface area contributed by atoms with Gasteiger partial charge in [0.15, 0.2) is 36.1 Å². The first kappa shape index (κ1) is 68.5. The number of carbonyl (C=O) groups is 5. The summed E-state index contributed by atoms with van der Waals surface area (Å²) < 4.78 is 75.1. The van der Waals surface area contributed by atoms with Gasteiger partial charge in [-0.2, -0.15) is 0 Å². The molecule has 9 atom stereocenters. The molecule has 498 valence electrons. The Labute approximate surface area is 565 Å². The Balaban J connectivity index is 1.04. The normalized spacial score (nSPS) is 21.0. The highest BCUT2D eigenvalue weighted by molar-refractivity contribution is 5.69. The second-order valence-electron chi connectivity index (χ2n) is 24.0. The van der Waals surface area contributed by atoms with E-state index >= 15 is 0 Å². The van der Waals surface area contributed by atoms with Crippen LogP contribution in [0.1, 0.15) is 84.7 Å². The lowest BCUT2D eigenvalue weighted by Gasteiger charge is -2.46. The van der Waals surface area contributed by atoms with E-state index in [0.29, 0.717) is 0 Å². The van der Waals surface area contributed by atoms with E-state index in [4.69, 9.17) is 52.1 Å². The Morgan fingerprint density at radius 3 is 0.835 bits per heavy atom. The molecule has 0 radical (unpaired) electrons. The number of hydrogen-bond acceptors (Lipinski definition) is 16. The van der Waals surface area contributed by atoms with Crippen LogP contribution in [0.4, 0.5) is 0 Å². The van der Waals surface area contributed by atoms with Crippen LogP contribution < -0.4 is 0 Å². The van der Waals surface area contributed by atoms with Crippen molar-refractivity contribution in [2.24, 2.45) is 0 Å². The first-order valence-corrected chi connectivity index (χ1v) is 32.4. The molecule has 16 nitrogen and oxygen atoms in total. The molecule has 0 aliphatic carbocycles. The van der Waals surface area contributed by atoms with Gasteiger partial charge in [0, 0.05) is 34.6 Å². The maximum absolute atomic E-state index is 14.0. The summed E-state index contributed by atoms with van der Waals surface area (Å²) in [6.45, 7) is 4.02. The summed E-state index contributed by atoms with van der Waals surface area (Å²) >= 11 is 0. The van der Waals surface area contributed by atoms with Gasteiger partial charge in [0.2, 0.25) is 0 Å². The fraction of sp³-hybridized carbons (Fsp3) is 0.272. The average Bonchev–Trinajstić information content (AvgIpc) is 1.71. The molecule has 0 aromatic heterocycles. The van der Waals surface area contributed by atoms with Gasteiger partial charge in [0.05, 0.1) is 33.0 Å². The highest BCUT2D eigenvalue weighted by Gasteiger charge is 2.62. The Kier molecular flexibility index (Phi) is 22.1. The van der Waals surface area contributed by atoms with Gasteiger partial charge in [-0.25, -0.2) is 0 Å². The van der Waals surface area contributed by atoms with E-state index < -0.39 is 121 Å². The highest BCUT2D eigenvalue weighted by Crippen LogP contribution is 2.48. The first-order chi connectivity index (χ1) is 47.2. The molecule has 9 aromatic rings. The van der Waals surface area contributed by atoms with Crippen molar-refractivity contribution >= 4 is 29.8 Å². The summed E-state index contributed by atoms with van der Waals surface area (Å²) in [5, 5.41) is 0. The molecule has 97 heavy (non-hydrogen) atoms. The van der Waals surface area contributed by atoms with E-state index in [1.807, 2.05) is 273 Å². The maximum atomic E-state index is 14.0. The summed E-state index contributed by atoms with van der Waals surface area (Å²) in [6.07, 6.45) is -11.2. The average molecular weight is 1310 g/mol. The second-order valence-corrected chi connectivity index (χ2v) is 24.0. The SMILES string of the molecule is CC(=O)OC1C(COCC2(COC(c3ccccc3)(c3ccccc3)c3ccccc3)OC(COC(c3ccccc3)(c3ccccc3)c3ccccc3)C(OC(C)=O)C2OC(C)=O)OC(COC(c2ccccc2)(c2ccccc2)c2ccccc2)C(OC(C)=O)C1OC(C)=O. The van der Waals surface area contributed by atoms with Gasteiger partial charge >= 0.3 is 29.8 Å². The van der Waals surface area contributed by atoms with Gasteiger partial charge in [0.25, 0.3) is 0 Å². The fourth-order valence-corrected chi connectivity index (χ4v) is 13.6. The first-order valence-electron chi connectivity index (χ1n) is 32.4. The minimum absolute atomic E-state index is 0.294. The molecule has 2 aliphatic heterocycles. The lowest BCUT2D eigenvalue weighted by molar-refractivity contribution is -0.266. The largest absolute Gasteiger partial charge is 0.456 e. The zero-order valence-corrected chi connectivity index (χ0v) is 54.7. The van der Waals surface area contributed by atoms with Crippen LogP contribution in [-0.2, 0) is 92.9 Å². The summed E-state index contributed by atoms with van der Waals surface area (Å²) in [7, 11) is 0. The lowest BCUT2D eigenvalue weighted by Crippen LogP contribution is -2.63. The standard InChI is InChI=1S/C81H78O16/c1-56(82)91-73-70(96-71(74(92-57(2)83)76(73)94-59(4)85)52-88-79(61-33-15-6-16-34-61,62-35-17-7-18-36-62)63-37-19-8-20-38-63)51-87-54-78(55-90-81(67-45-27-12-28-46-67,68-47-29-13-30-48-68)69-49-31-14-32-50-69)77(95-60(5)86)75(93-58(3)84)72(97-78)53-89-80(64-39-21-9-22-40-64,65-41-23-10-24-42-65)66-43-25-11-26-44-66/h6-50,70-77H,51-55H2,1-5H3. The Morgan fingerprint density at radius 1 is 0.299 bits per heavy atom. The number of benzene rings is 9. The topological polar surface area (TPSA) is 187 Å².